The average molecular weight is 412 g/mol. The number of fused-ring (bicyclic) bond motifs is 2. The summed E-state index contributed by atoms with van der Waals surface area (Å²) in [5.41, 5.74) is 1.59. The highest BCUT2D eigenvalue weighted by atomic mass is 32.2. The van der Waals surface area contributed by atoms with Crippen LogP contribution in [0.5, 0.6) is 0 Å². The molecule has 1 atom stereocenters. The first-order valence-corrected chi connectivity index (χ1v) is 10.7. The molecule has 0 bridgehead atoms. The molecule has 1 unspecified atom stereocenters. The van der Waals surface area contributed by atoms with Gasteiger partial charge in [0, 0.05) is 15.2 Å². The second kappa shape index (κ2) is 7.29. The van der Waals surface area contributed by atoms with Crippen LogP contribution in [-0.4, -0.2) is 21.4 Å². The highest BCUT2D eigenvalue weighted by Crippen LogP contribution is 2.48. The van der Waals surface area contributed by atoms with Crippen molar-refractivity contribution >= 4 is 40.8 Å². The summed E-state index contributed by atoms with van der Waals surface area (Å²) in [5, 5.41) is 8.27. The van der Waals surface area contributed by atoms with Crippen molar-refractivity contribution in [2.24, 2.45) is 0 Å². The number of carbonyl (C=O) groups is 1. The molecule has 0 saturated carbocycles. The second-order valence-corrected chi connectivity index (χ2v) is 9.97. The minimum absolute atomic E-state index is 0.0132. The lowest BCUT2D eigenvalue weighted by atomic mass is 9.97. The maximum atomic E-state index is 13.4. The second-order valence-electron chi connectivity index (χ2n) is 7.59. The number of hydrogen-bond donors (Lipinski definition) is 0. The molecule has 7 heteroatoms. The third-order valence-corrected chi connectivity index (χ3v) is 6.38. The molecule has 1 aliphatic heterocycles. The van der Waals surface area contributed by atoms with Gasteiger partial charge in [-0.1, -0.05) is 68.6 Å². The third-order valence-electron chi connectivity index (χ3n) is 4.33. The summed E-state index contributed by atoms with van der Waals surface area (Å²) in [4.78, 5) is 17.4. The molecule has 0 N–H and O–H groups in total. The van der Waals surface area contributed by atoms with Gasteiger partial charge in [-0.05, 0) is 31.2 Å². The monoisotopic (exact) mass is 411 g/mol. The number of carbonyl (C=O) groups excluding carboxylic acids is 1. The maximum Gasteiger partial charge on any atom is 0.277 e. The number of hydrogen-bond acceptors (Lipinski definition) is 6. The summed E-state index contributed by atoms with van der Waals surface area (Å²) in [5.74, 6) is 0.556. The van der Waals surface area contributed by atoms with Crippen LogP contribution in [0.3, 0.4) is 0 Å². The first kappa shape index (κ1) is 19.1. The molecule has 2 aromatic carbocycles. The summed E-state index contributed by atoms with van der Waals surface area (Å²) in [6.07, 6.45) is 0. The molecule has 0 aliphatic carbocycles. The van der Waals surface area contributed by atoms with Crippen molar-refractivity contribution in [3.05, 3.63) is 54.4 Å². The molecule has 1 aromatic heterocycles. The van der Waals surface area contributed by atoms with Crippen LogP contribution in [0, 0.1) is 0 Å². The van der Waals surface area contributed by atoms with Crippen LogP contribution in [0.4, 0.5) is 11.4 Å². The molecule has 1 aliphatic rings. The molecule has 0 saturated heterocycles. The molecule has 3 aromatic rings. The minimum atomic E-state index is -0.377. The van der Waals surface area contributed by atoms with Crippen molar-refractivity contribution in [2.45, 2.75) is 53.4 Å². The van der Waals surface area contributed by atoms with E-state index >= 15 is 0 Å². The lowest BCUT2D eigenvalue weighted by Gasteiger charge is -2.32. The van der Waals surface area contributed by atoms with E-state index in [2.05, 4.69) is 10.2 Å². The van der Waals surface area contributed by atoms with E-state index in [4.69, 9.17) is 4.42 Å². The fourth-order valence-corrected chi connectivity index (χ4v) is 4.67. The van der Waals surface area contributed by atoms with Crippen LogP contribution >= 0.6 is 23.5 Å². The Morgan fingerprint density at radius 2 is 1.61 bits per heavy atom. The molecule has 0 fully saturated rings. The zero-order valence-electron chi connectivity index (χ0n) is 16.2. The molecule has 2 heterocycles. The predicted molar refractivity (Wildman–Crippen MR) is 112 cm³/mol. The van der Waals surface area contributed by atoms with Gasteiger partial charge in [0.2, 0.25) is 11.8 Å². The van der Waals surface area contributed by atoms with E-state index in [0.717, 1.165) is 21.2 Å². The number of anilines is 2. The van der Waals surface area contributed by atoms with Gasteiger partial charge in [0.1, 0.15) is 0 Å². The van der Waals surface area contributed by atoms with Crippen LogP contribution in [0.1, 0.15) is 33.6 Å². The Kier molecular flexibility index (Phi) is 4.97. The van der Waals surface area contributed by atoms with Crippen LogP contribution in [0.25, 0.3) is 0 Å². The van der Waals surface area contributed by atoms with Crippen LogP contribution in [-0.2, 0) is 10.2 Å². The highest BCUT2D eigenvalue weighted by Gasteiger charge is 2.32. The summed E-state index contributed by atoms with van der Waals surface area (Å²) in [7, 11) is 0. The number of rotatable bonds is 3. The molecule has 4 rings (SSSR count). The zero-order valence-corrected chi connectivity index (χ0v) is 17.8. The molecule has 0 radical (unpaired) electrons. The zero-order chi connectivity index (χ0) is 19.9. The molecule has 1 amide bonds. The Bertz CT molecular complexity index is 981. The lowest BCUT2D eigenvalue weighted by molar-refractivity contribution is -0.117. The van der Waals surface area contributed by atoms with Gasteiger partial charge >= 0.3 is 0 Å². The Morgan fingerprint density at radius 3 is 2.14 bits per heavy atom. The number of benzene rings is 2. The van der Waals surface area contributed by atoms with Gasteiger partial charge in [0.25, 0.3) is 5.22 Å². The standard InChI is InChI=1S/C21H21N3O2S2/c1-13(27-20-23-22-19(26-20)21(2,3)4)18(25)24-14-9-5-7-11-16(14)28-17-12-8-6-10-15(17)24/h5-13H,1-4H3. The first-order valence-electron chi connectivity index (χ1n) is 9.05. The Labute approximate surface area is 172 Å². The van der Waals surface area contributed by atoms with Crippen LogP contribution in [0.2, 0.25) is 0 Å². The number of aromatic nitrogens is 2. The van der Waals surface area contributed by atoms with Crippen LogP contribution in [0.15, 0.2) is 68.0 Å². The minimum Gasteiger partial charge on any atom is -0.415 e. The van der Waals surface area contributed by atoms with Gasteiger partial charge in [-0.15, -0.1) is 10.2 Å². The van der Waals surface area contributed by atoms with E-state index < -0.39 is 0 Å². The number of nitrogens with zero attached hydrogens (tertiary/aromatic N) is 3. The van der Waals surface area contributed by atoms with Gasteiger partial charge in [0.05, 0.1) is 16.6 Å². The molecule has 0 spiro atoms. The van der Waals surface area contributed by atoms with E-state index in [-0.39, 0.29) is 16.6 Å². The summed E-state index contributed by atoms with van der Waals surface area (Å²) in [6, 6.07) is 16.0. The SMILES string of the molecule is CC(Sc1nnc(C(C)(C)C)o1)C(=O)N1c2ccccc2Sc2ccccc21. The van der Waals surface area contributed by atoms with Gasteiger partial charge in [-0.3, -0.25) is 9.69 Å². The van der Waals surface area contributed by atoms with Crippen molar-refractivity contribution < 1.29 is 9.21 Å². The molecular formula is C21H21N3O2S2. The molecule has 28 heavy (non-hydrogen) atoms. The summed E-state index contributed by atoms with van der Waals surface area (Å²) >= 11 is 2.98. The Hall–Kier alpha value is -2.25. The Balaban J connectivity index is 1.63. The largest absolute Gasteiger partial charge is 0.415 e. The molecule has 144 valence electrons. The van der Waals surface area contributed by atoms with Gasteiger partial charge in [-0.25, -0.2) is 0 Å². The van der Waals surface area contributed by atoms with Crippen molar-refractivity contribution in [3.8, 4) is 0 Å². The smallest absolute Gasteiger partial charge is 0.277 e. The summed E-state index contributed by atoms with van der Waals surface area (Å²) in [6.45, 7) is 7.93. The van der Waals surface area contributed by atoms with E-state index in [1.807, 2.05) is 76.2 Å². The van der Waals surface area contributed by atoms with Gasteiger partial charge in [0.15, 0.2) is 0 Å². The fraction of sp³-hybridized carbons (Fsp3) is 0.286. The van der Waals surface area contributed by atoms with Crippen LogP contribution < -0.4 is 4.90 Å². The average Bonchev–Trinajstić information content (AvgIpc) is 3.14. The number of thioether (sulfide) groups is 1. The number of amides is 1. The molecular weight excluding hydrogens is 390 g/mol. The van der Waals surface area contributed by atoms with E-state index in [1.54, 1.807) is 16.7 Å². The van der Waals surface area contributed by atoms with Crippen molar-refractivity contribution in [1.82, 2.24) is 10.2 Å². The van der Waals surface area contributed by atoms with Crippen molar-refractivity contribution in [2.75, 3.05) is 4.90 Å². The van der Waals surface area contributed by atoms with Gasteiger partial charge in [-0.2, -0.15) is 0 Å². The molecule has 5 nitrogen and oxygen atoms in total. The number of para-hydroxylation sites is 2. The fourth-order valence-electron chi connectivity index (χ4n) is 2.89. The first-order chi connectivity index (χ1) is 13.3. The third kappa shape index (κ3) is 3.56. The van der Waals surface area contributed by atoms with E-state index in [1.165, 1.54) is 11.8 Å². The normalized spacial score (nSPS) is 14.4. The topological polar surface area (TPSA) is 59.2 Å². The Morgan fingerprint density at radius 1 is 1.04 bits per heavy atom. The van der Waals surface area contributed by atoms with Gasteiger partial charge < -0.3 is 4.42 Å². The van der Waals surface area contributed by atoms with Crippen molar-refractivity contribution in [3.63, 3.8) is 0 Å². The highest BCUT2D eigenvalue weighted by molar-refractivity contribution is 8.00. The van der Waals surface area contributed by atoms with E-state index in [9.17, 15) is 4.79 Å². The summed E-state index contributed by atoms with van der Waals surface area (Å²) < 4.78 is 5.76. The predicted octanol–water partition coefficient (Wildman–Crippen LogP) is 5.68. The quantitative estimate of drug-likeness (QED) is 0.517. The maximum absolute atomic E-state index is 13.4. The van der Waals surface area contributed by atoms with E-state index in [0.29, 0.717) is 11.1 Å². The lowest BCUT2D eigenvalue weighted by Crippen LogP contribution is -2.34. The van der Waals surface area contributed by atoms with Crippen molar-refractivity contribution in [1.29, 1.82) is 0 Å².